The third kappa shape index (κ3) is 5.81. The van der Waals surface area contributed by atoms with Crippen molar-refractivity contribution in [1.82, 2.24) is 0 Å². The zero-order chi connectivity index (χ0) is 15.9. The van der Waals surface area contributed by atoms with Crippen LogP contribution >= 0.6 is 0 Å². The molecule has 0 bridgehead atoms. The molecule has 3 heteroatoms. The highest BCUT2D eigenvalue weighted by Gasteiger charge is 2.34. The van der Waals surface area contributed by atoms with Crippen molar-refractivity contribution in [1.29, 1.82) is 0 Å². The number of carbonyl (C=O) groups is 1. The maximum atomic E-state index is 12.3. The minimum atomic E-state index is -0.439. The highest BCUT2D eigenvalue weighted by molar-refractivity contribution is 5.61. The summed E-state index contributed by atoms with van der Waals surface area (Å²) < 4.78 is 11.6. The lowest BCUT2D eigenvalue weighted by Gasteiger charge is -2.35. The van der Waals surface area contributed by atoms with Crippen LogP contribution in [-0.2, 0) is 9.47 Å². The molecule has 2 aliphatic rings. The Kier molecular flexibility index (Phi) is 6.58. The van der Waals surface area contributed by atoms with Crippen LogP contribution in [0.5, 0.6) is 0 Å². The lowest BCUT2D eigenvalue weighted by Crippen LogP contribution is -2.38. The SMILES string of the molecule is CC1(OC(=O)OC2(C)CCCCCCC2)CCCCCCC1. The quantitative estimate of drug-likeness (QED) is 0.574. The Morgan fingerprint density at radius 1 is 0.591 bits per heavy atom. The second kappa shape index (κ2) is 8.21. The monoisotopic (exact) mass is 310 g/mol. The van der Waals surface area contributed by atoms with Gasteiger partial charge in [0.1, 0.15) is 11.2 Å². The highest BCUT2D eigenvalue weighted by Crippen LogP contribution is 2.33. The normalized spacial score (nSPS) is 25.9. The first kappa shape index (κ1) is 17.6. The molecule has 0 aromatic rings. The molecule has 2 saturated carbocycles. The second-order valence-corrected chi connectivity index (χ2v) is 7.89. The van der Waals surface area contributed by atoms with Crippen molar-refractivity contribution in [2.45, 2.75) is 115 Å². The molecule has 22 heavy (non-hydrogen) atoms. The maximum absolute atomic E-state index is 12.3. The minimum Gasteiger partial charge on any atom is -0.428 e. The van der Waals surface area contributed by atoms with Crippen LogP contribution in [0.1, 0.15) is 104 Å². The van der Waals surface area contributed by atoms with Gasteiger partial charge in [0.15, 0.2) is 0 Å². The average Bonchev–Trinajstić information content (AvgIpc) is 2.40. The highest BCUT2D eigenvalue weighted by atomic mass is 16.7. The van der Waals surface area contributed by atoms with E-state index < -0.39 is 6.16 Å². The molecule has 0 radical (unpaired) electrons. The lowest BCUT2D eigenvalue weighted by atomic mass is 9.88. The third-order valence-corrected chi connectivity index (χ3v) is 5.48. The predicted octanol–water partition coefficient (Wildman–Crippen LogP) is 6.15. The number of hydrogen-bond acceptors (Lipinski definition) is 3. The molecule has 0 saturated heterocycles. The van der Waals surface area contributed by atoms with Gasteiger partial charge in [0, 0.05) is 0 Å². The molecular formula is C19H34O3. The molecule has 0 heterocycles. The molecule has 2 rings (SSSR count). The molecular weight excluding hydrogens is 276 g/mol. The van der Waals surface area contributed by atoms with Gasteiger partial charge in [0.05, 0.1) is 0 Å². The average molecular weight is 310 g/mol. The zero-order valence-corrected chi connectivity index (χ0v) is 14.6. The Morgan fingerprint density at radius 3 is 1.18 bits per heavy atom. The van der Waals surface area contributed by atoms with Crippen molar-refractivity contribution in [2.24, 2.45) is 0 Å². The summed E-state index contributed by atoms with van der Waals surface area (Å²) in [7, 11) is 0. The summed E-state index contributed by atoms with van der Waals surface area (Å²) in [5, 5.41) is 0. The Bertz CT molecular complexity index is 303. The van der Waals surface area contributed by atoms with Crippen molar-refractivity contribution < 1.29 is 14.3 Å². The van der Waals surface area contributed by atoms with Crippen LogP contribution in [0.3, 0.4) is 0 Å². The van der Waals surface area contributed by atoms with E-state index in [1.807, 2.05) is 0 Å². The van der Waals surface area contributed by atoms with E-state index in [0.29, 0.717) is 0 Å². The topological polar surface area (TPSA) is 35.5 Å². The van der Waals surface area contributed by atoms with Crippen molar-refractivity contribution in [3.63, 3.8) is 0 Å². The van der Waals surface area contributed by atoms with Gasteiger partial charge in [-0.25, -0.2) is 4.79 Å². The Hall–Kier alpha value is -0.730. The van der Waals surface area contributed by atoms with E-state index in [0.717, 1.165) is 51.4 Å². The van der Waals surface area contributed by atoms with Gasteiger partial charge in [-0.05, 0) is 65.2 Å². The second-order valence-electron chi connectivity index (χ2n) is 7.89. The van der Waals surface area contributed by atoms with Gasteiger partial charge in [-0.1, -0.05) is 38.5 Å². The molecule has 2 aliphatic carbocycles. The van der Waals surface area contributed by atoms with Crippen LogP contribution in [0, 0.1) is 0 Å². The van der Waals surface area contributed by atoms with Gasteiger partial charge in [-0.15, -0.1) is 0 Å². The first-order valence-electron chi connectivity index (χ1n) is 9.43. The summed E-state index contributed by atoms with van der Waals surface area (Å²) in [6.07, 6.45) is 15.7. The summed E-state index contributed by atoms with van der Waals surface area (Å²) in [6, 6.07) is 0. The summed E-state index contributed by atoms with van der Waals surface area (Å²) in [5.74, 6) is 0. The maximum Gasteiger partial charge on any atom is 0.509 e. The van der Waals surface area contributed by atoms with E-state index in [4.69, 9.17) is 9.47 Å². The van der Waals surface area contributed by atoms with Crippen molar-refractivity contribution in [2.75, 3.05) is 0 Å². The molecule has 0 unspecified atom stereocenters. The molecule has 0 aromatic carbocycles. The zero-order valence-electron chi connectivity index (χ0n) is 14.6. The summed E-state index contributed by atoms with van der Waals surface area (Å²) in [5.41, 5.74) is -0.648. The van der Waals surface area contributed by atoms with Crippen molar-refractivity contribution in [3.05, 3.63) is 0 Å². The molecule has 0 aromatic heterocycles. The first-order valence-corrected chi connectivity index (χ1v) is 9.43. The van der Waals surface area contributed by atoms with E-state index in [9.17, 15) is 4.79 Å². The molecule has 0 aliphatic heterocycles. The van der Waals surface area contributed by atoms with Crippen LogP contribution < -0.4 is 0 Å². The molecule has 2 fully saturated rings. The summed E-state index contributed by atoms with van der Waals surface area (Å²) in [6.45, 7) is 4.17. The number of ether oxygens (including phenoxy) is 2. The van der Waals surface area contributed by atoms with Crippen LogP contribution in [0.15, 0.2) is 0 Å². The Morgan fingerprint density at radius 2 is 0.864 bits per heavy atom. The van der Waals surface area contributed by atoms with Crippen LogP contribution in [0.25, 0.3) is 0 Å². The number of rotatable bonds is 2. The van der Waals surface area contributed by atoms with Crippen molar-refractivity contribution >= 4 is 6.16 Å². The molecule has 0 spiro atoms. The summed E-state index contributed by atoms with van der Waals surface area (Å²) in [4.78, 5) is 12.3. The first-order chi connectivity index (χ1) is 10.5. The third-order valence-electron chi connectivity index (χ3n) is 5.48. The van der Waals surface area contributed by atoms with E-state index >= 15 is 0 Å². The Balaban J connectivity index is 1.86. The molecule has 0 atom stereocenters. The van der Waals surface area contributed by atoms with Gasteiger partial charge < -0.3 is 9.47 Å². The number of hydrogen-bond donors (Lipinski definition) is 0. The molecule has 0 amide bonds. The van der Waals surface area contributed by atoms with E-state index in [2.05, 4.69) is 13.8 Å². The fourth-order valence-corrected chi connectivity index (χ4v) is 3.93. The fraction of sp³-hybridized carbons (Fsp3) is 0.947. The van der Waals surface area contributed by atoms with E-state index in [-0.39, 0.29) is 11.2 Å². The predicted molar refractivity (Wildman–Crippen MR) is 89.0 cm³/mol. The molecule has 3 nitrogen and oxygen atoms in total. The number of carbonyl (C=O) groups excluding carboxylic acids is 1. The van der Waals surface area contributed by atoms with E-state index in [1.54, 1.807) is 0 Å². The lowest BCUT2D eigenvalue weighted by molar-refractivity contribution is -0.0842. The van der Waals surface area contributed by atoms with Gasteiger partial charge in [0.25, 0.3) is 0 Å². The summed E-state index contributed by atoms with van der Waals surface area (Å²) >= 11 is 0. The fourth-order valence-electron chi connectivity index (χ4n) is 3.93. The minimum absolute atomic E-state index is 0.324. The van der Waals surface area contributed by atoms with Gasteiger partial charge >= 0.3 is 6.16 Å². The molecule has 128 valence electrons. The standard InChI is InChI=1S/C19H34O3/c1-18(13-9-5-3-6-10-14-18)21-17(20)22-19(2)15-11-7-4-8-12-16-19/h3-16H2,1-2H3. The van der Waals surface area contributed by atoms with Gasteiger partial charge in [-0.2, -0.15) is 0 Å². The van der Waals surface area contributed by atoms with Crippen LogP contribution in [-0.4, -0.2) is 17.4 Å². The Labute approximate surface area is 136 Å². The largest absolute Gasteiger partial charge is 0.509 e. The van der Waals surface area contributed by atoms with Gasteiger partial charge in [-0.3, -0.25) is 0 Å². The van der Waals surface area contributed by atoms with Gasteiger partial charge in [0.2, 0.25) is 0 Å². The smallest absolute Gasteiger partial charge is 0.428 e. The van der Waals surface area contributed by atoms with Crippen LogP contribution in [0.4, 0.5) is 4.79 Å². The van der Waals surface area contributed by atoms with E-state index in [1.165, 1.54) is 38.5 Å². The van der Waals surface area contributed by atoms with Crippen molar-refractivity contribution in [3.8, 4) is 0 Å². The van der Waals surface area contributed by atoms with Crippen LogP contribution in [0.2, 0.25) is 0 Å². The molecule has 0 N–H and O–H groups in total.